The third-order valence-corrected chi connectivity index (χ3v) is 7.57. The van der Waals surface area contributed by atoms with Crippen LogP contribution < -0.4 is 0 Å². The van der Waals surface area contributed by atoms with Crippen LogP contribution >= 0.6 is 34.8 Å². The van der Waals surface area contributed by atoms with Gasteiger partial charge >= 0.3 is 0 Å². The SMILES string of the molecule is O=S(=O)(c1cc(Cl)c(Cl)cc1Cl)N1CCN(CCc2ccccc2)CC1. The molecule has 1 aliphatic heterocycles. The van der Waals surface area contributed by atoms with Gasteiger partial charge in [-0.05, 0) is 24.1 Å². The minimum atomic E-state index is -3.69. The molecular weight excluding hydrogens is 415 g/mol. The van der Waals surface area contributed by atoms with Crippen molar-refractivity contribution in [1.29, 1.82) is 0 Å². The van der Waals surface area contributed by atoms with Crippen LogP contribution in [0.2, 0.25) is 15.1 Å². The zero-order valence-electron chi connectivity index (χ0n) is 14.0. The Kier molecular flexibility index (Phi) is 6.49. The predicted octanol–water partition coefficient (Wildman–Crippen LogP) is 4.20. The van der Waals surface area contributed by atoms with Gasteiger partial charge < -0.3 is 4.90 Å². The summed E-state index contributed by atoms with van der Waals surface area (Å²) in [7, 11) is -3.69. The van der Waals surface area contributed by atoms with Crippen molar-refractivity contribution in [3.63, 3.8) is 0 Å². The van der Waals surface area contributed by atoms with Crippen LogP contribution in [-0.4, -0.2) is 50.3 Å². The maximum atomic E-state index is 12.9. The van der Waals surface area contributed by atoms with Crippen LogP contribution in [0.4, 0.5) is 0 Å². The molecule has 0 radical (unpaired) electrons. The first-order valence-electron chi connectivity index (χ1n) is 8.29. The predicted molar refractivity (Wildman–Crippen MR) is 107 cm³/mol. The third-order valence-electron chi connectivity index (χ3n) is 4.48. The van der Waals surface area contributed by atoms with Crippen molar-refractivity contribution in [1.82, 2.24) is 9.21 Å². The molecule has 1 saturated heterocycles. The molecule has 0 bridgehead atoms. The van der Waals surface area contributed by atoms with Gasteiger partial charge in [0.15, 0.2) is 0 Å². The summed E-state index contributed by atoms with van der Waals surface area (Å²) < 4.78 is 27.2. The number of benzene rings is 2. The van der Waals surface area contributed by atoms with E-state index in [1.165, 1.54) is 22.0 Å². The fourth-order valence-corrected chi connectivity index (χ4v) is 5.36. The highest BCUT2D eigenvalue weighted by Gasteiger charge is 2.30. The van der Waals surface area contributed by atoms with E-state index in [1.54, 1.807) is 0 Å². The van der Waals surface area contributed by atoms with Gasteiger partial charge in [0.25, 0.3) is 0 Å². The quantitative estimate of drug-likeness (QED) is 0.664. The second kappa shape index (κ2) is 8.46. The monoisotopic (exact) mass is 432 g/mol. The minimum Gasteiger partial charge on any atom is -0.300 e. The van der Waals surface area contributed by atoms with Gasteiger partial charge in [-0.3, -0.25) is 0 Å². The number of hydrogen-bond acceptors (Lipinski definition) is 3. The Morgan fingerprint density at radius 2 is 1.46 bits per heavy atom. The summed E-state index contributed by atoms with van der Waals surface area (Å²) in [5.74, 6) is 0. The lowest BCUT2D eigenvalue weighted by Crippen LogP contribution is -2.49. The molecular formula is C18H19Cl3N2O2S. The number of rotatable bonds is 5. The van der Waals surface area contributed by atoms with E-state index in [4.69, 9.17) is 34.8 Å². The first kappa shape index (κ1) is 19.9. The number of sulfonamides is 1. The normalized spacial score (nSPS) is 16.7. The van der Waals surface area contributed by atoms with Gasteiger partial charge in [0.2, 0.25) is 10.0 Å². The Morgan fingerprint density at radius 3 is 2.12 bits per heavy atom. The minimum absolute atomic E-state index is 0.00584. The van der Waals surface area contributed by atoms with Gasteiger partial charge in [0, 0.05) is 32.7 Å². The van der Waals surface area contributed by atoms with E-state index in [2.05, 4.69) is 17.0 Å². The van der Waals surface area contributed by atoms with Crippen LogP contribution in [0.25, 0.3) is 0 Å². The largest absolute Gasteiger partial charge is 0.300 e. The molecule has 1 aliphatic rings. The Bertz CT molecular complexity index is 868. The molecule has 140 valence electrons. The van der Waals surface area contributed by atoms with Crippen molar-refractivity contribution < 1.29 is 8.42 Å². The highest BCUT2D eigenvalue weighted by atomic mass is 35.5. The number of hydrogen-bond donors (Lipinski definition) is 0. The first-order chi connectivity index (χ1) is 12.4. The van der Waals surface area contributed by atoms with Crippen LogP contribution in [0.1, 0.15) is 5.56 Å². The first-order valence-corrected chi connectivity index (χ1v) is 10.9. The van der Waals surface area contributed by atoms with Gasteiger partial charge in [-0.25, -0.2) is 8.42 Å². The Balaban J connectivity index is 1.63. The van der Waals surface area contributed by atoms with Crippen molar-refractivity contribution in [3.8, 4) is 0 Å². The molecule has 1 fully saturated rings. The fraction of sp³-hybridized carbons (Fsp3) is 0.333. The molecule has 0 aromatic heterocycles. The molecule has 3 rings (SSSR count). The van der Waals surface area contributed by atoms with Crippen LogP contribution in [0, 0.1) is 0 Å². The molecule has 0 spiro atoms. The van der Waals surface area contributed by atoms with Crippen LogP contribution in [0.3, 0.4) is 0 Å². The molecule has 0 N–H and O–H groups in total. The fourth-order valence-electron chi connectivity index (χ4n) is 2.97. The van der Waals surface area contributed by atoms with E-state index < -0.39 is 10.0 Å². The van der Waals surface area contributed by atoms with E-state index >= 15 is 0 Å². The molecule has 0 atom stereocenters. The molecule has 2 aromatic carbocycles. The zero-order valence-corrected chi connectivity index (χ0v) is 17.1. The van der Waals surface area contributed by atoms with Crippen LogP contribution in [0.15, 0.2) is 47.4 Å². The van der Waals surface area contributed by atoms with Gasteiger partial charge in [-0.1, -0.05) is 65.1 Å². The van der Waals surface area contributed by atoms with E-state index in [-0.39, 0.29) is 20.0 Å². The highest BCUT2D eigenvalue weighted by molar-refractivity contribution is 7.89. The summed E-state index contributed by atoms with van der Waals surface area (Å²) in [5.41, 5.74) is 1.28. The van der Waals surface area contributed by atoms with E-state index in [1.807, 2.05) is 18.2 Å². The van der Waals surface area contributed by atoms with Gasteiger partial charge in [0.05, 0.1) is 15.1 Å². The van der Waals surface area contributed by atoms with E-state index in [9.17, 15) is 8.42 Å². The van der Waals surface area contributed by atoms with Gasteiger partial charge in [-0.15, -0.1) is 0 Å². The molecule has 0 aliphatic carbocycles. The van der Waals surface area contributed by atoms with E-state index in [0.717, 1.165) is 13.0 Å². The van der Waals surface area contributed by atoms with Gasteiger partial charge in [0.1, 0.15) is 4.90 Å². The number of piperazine rings is 1. The lowest BCUT2D eigenvalue weighted by atomic mass is 10.1. The number of halogens is 3. The zero-order chi connectivity index (χ0) is 18.7. The standard InChI is InChI=1S/C18H19Cl3N2O2S/c19-15-12-17(21)18(13-16(15)20)26(24,25)23-10-8-22(9-11-23)7-6-14-4-2-1-3-5-14/h1-5,12-13H,6-11H2. The molecule has 0 saturated carbocycles. The third kappa shape index (κ3) is 4.53. The topological polar surface area (TPSA) is 40.6 Å². The van der Waals surface area contributed by atoms with E-state index in [0.29, 0.717) is 26.2 Å². The van der Waals surface area contributed by atoms with Gasteiger partial charge in [-0.2, -0.15) is 4.31 Å². The summed E-state index contributed by atoms with van der Waals surface area (Å²) in [4.78, 5) is 2.28. The summed E-state index contributed by atoms with van der Waals surface area (Å²) in [6.07, 6.45) is 0.951. The van der Waals surface area contributed by atoms with Crippen molar-refractivity contribution >= 4 is 44.8 Å². The lowest BCUT2D eigenvalue weighted by Gasteiger charge is -2.34. The number of nitrogens with zero attached hydrogens (tertiary/aromatic N) is 2. The second-order valence-corrected chi connectivity index (χ2v) is 9.31. The highest BCUT2D eigenvalue weighted by Crippen LogP contribution is 2.33. The smallest absolute Gasteiger partial charge is 0.244 e. The Morgan fingerprint density at radius 1 is 0.846 bits per heavy atom. The molecule has 0 unspecified atom stereocenters. The molecule has 8 heteroatoms. The summed E-state index contributed by atoms with van der Waals surface area (Å²) in [6, 6.07) is 13.0. The summed E-state index contributed by atoms with van der Waals surface area (Å²) in [5, 5.41) is 0.503. The van der Waals surface area contributed by atoms with Crippen molar-refractivity contribution in [3.05, 3.63) is 63.1 Å². The lowest BCUT2D eigenvalue weighted by molar-refractivity contribution is 0.190. The molecule has 4 nitrogen and oxygen atoms in total. The van der Waals surface area contributed by atoms with Crippen molar-refractivity contribution in [2.24, 2.45) is 0 Å². The molecule has 1 heterocycles. The maximum Gasteiger partial charge on any atom is 0.244 e. The van der Waals surface area contributed by atoms with Crippen LogP contribution in [0.5, 0.6) is 0 Å². The molecule has 26 heavy (non-hydrogen) atoms. The van der Waals surface area contributed by atoms with Crippen molar-refractivity contribution in [2.75, 3.05) is 32.7 Å². The molecule has 2 aromatic rings. The molecule has 0 amide bonds. The van der Waals surface area contributed by atoms with Crippen molar-refractivity contribution in [2.45, 2.75) is 11.3 Å². The second-order valence-electron chi connectivity index (χ2n) is 6.18. The Hall–Kier alpha value is -0.820. The maximum absolute atomic E-state index is 12.9. The average Bonchev–Trinajstić information content (AvgIpc) is 2.64. The summed E-state index contributed by atoms with van der Waals surface area (Å²) >= 11 is 18.0. The average molecular weight is 434 g/mol. The van der Waals surface area contributed by atoms with Crippen LogP contribution in [-0.2, 0) is 16.4 Å². The Labute approximate surface area is 169 Å². The summed E-state index contributed by atoms with van der Waals surface area (Å²) in [6.45, 7) is 3.13.